The summed E-state index contributed by atoms with van der Waals surface area (Å²) in [5, 5.41) is 9.30. The molecule has 68 valence electrons. The van der Waals surface area contributed by atoms with E-state index in [1.807, 2.05) is 0 Å². The average Bonchev–Trinajstić information content (AvgIpc) is 2.33. The topological polar surface area (TPSA) is 65.0 Å². The van der Waals surface area contributed by atoms with Gasteiger partial charge in [-0.15, -0.1) is 0 Å². The van der Waals surface area contributed by atoms with Crippen molar-refractivity contribution in [3.63, 3.8) is 0 Å². The minimum absolute atomic E-state index is 0.338. The first kappa shape index (κ1) is 7.82. The van der Waals surface area contributed by atoms with E-state index in [2.05, 4.69) is 0 Å². The van der Waals surface area contributed by atoms with Crippen molar-refractivity contribution in [2.24, 2.45) is 0 Å². The number of aliphatic hydroxyl groups is 1. The summed E-state index contributed by atoms with van der Waals surface area (Å²) in [5.74, 6) is 0. The number of hydrogen-bond acceptors (Lipinski definition) is 5. The Morgan fingerprint density at radius 1 is 1.42 bits per heavy atom. The van der Waals surface area contributed by atoms with Gasteiger partial charge in [0, 0.05) is 0 Å². The Bertz CT molecular complexity index is 192. The van der Waals surface area contributed by atoms with E-state index in [0.717, 1.165) is 6.42 Å². The van der Waals surface area contributed by atoms with Gasteiger partial charge in [-0.05, 0) is 12.8 Å². The molecule has 0 spiro atoms. The first-order valence-corrected chi connectivity index (χ1v) is 3.94. The van der Waals surface area contributed by atoms with Gasteiger partial charge in [0.05, 0.1) is 6.61 Å². The van der Waals surface area contributed by atoms with Gasteiger partial charge in [-0.1, -0.05) is 0 Å². The van der Waals surface area contributed by atoms with Crippen LogP contribution in [-0.4, -0.2) is 36.4 Å². The predicted molar refractivity (Wildman–Crippen MR) is 36.3 cm³/mol. The molecule has 0 amide bonds. The van der Waals surface area contributed by atoms with E-state index in [1.165, 1.54) is 0 Å². The molecular formula is C7H10O5. The second kappa shape index (κ2) is 2.91. The molecule has 0 saturated carbocycles. The molecular weight excluding hydrogens is 164 g/mol. The van der Waals surface area contributed by atoms with Crippen molar-refractivity contribution in [2.45, 2.75) is 31.3 Å². The Labute approximate surface area is 69.2 Å². The fourth-order valence-corrected chi connectivity index (χ4v) is 1.45. The number of rotatable bonds is 0. The standard InChI is InChI=1S/C7H10O5/c8-6-5-4(2-1-3-10-6)11-7(9)12-5/h4-6,8H,1-3H2. The van der Waals surface area contributed by atoms with E-state index >= 15 is 0 Å². The summed E-state index contributed by atoms with van der Waals surface area (Å²) in [6, 6.07) is 0. The van der Waals surface area contributed by atoms with E-state index in [-0.39, 0.29) is 6.10 Å². The number of aliphatic hydroxyl groups excluding tert-OH is 1. The molecule has 2 fully saturated rings. The van der Waals surface area contributed by atoms with Crippen LogP contribution in [0.25, 0.3) is 0 Å². The Kier molecular flexibility index (Phi) is 1.90. The van der Waals surface area contributed by atoms with Crippen LogP contribution in [-0.2, 0) is 14.2 Å². The number of fused-ring (bicyclic) bond motifs is 1. The maximum absolute atomic E-state index is 10.7. The largest absolute Gasteiger partial charge is 0.509 e. The fourth-order valence-electron chi connectivity index (χ4n) is 1.45. The summed E-state index contributed by atoms with van der Waals surface area (Å²) in [6.45, 7) is 0.481. The maximum atomic E-state index is 10.7. The third-order valence-corrected chi connectivity index (χ3v) is 2.05. The molecule has 2 saturated heterocycles. The molecule has 2 heterocycles. The zero-order chi connectivity index (χ0) is 8.55. The van der Waals surface area contributed by atoms with Crippen LogP contribution in [0.1, 0.15) is 12.8 Å². The van der Waals surface area contributed by atoms with E-state index < -0.39 is 18.5 Å². The molecule has 5 heteroatoms. The Balaban J connectivity index is 2.09. The SMILES string of the molecule is O=C1OC2CCCOC(O)C2O1. The lowest BCUT2D eigenvalue weighted by molar-refractivity contribution is -0.150. The van der Waals surface area contributed by atoms with Crippen molar-refractivity contribution in [3.05, 3.63) is 0 Å². The molecule has 0 radical (unpaired) electrons. The molecule has 0 aromatic rings. The molecule has 5 nitrogen and oxygen atoms in total. The molecule has 2 rings (SSSR count). The Morgan fingerprint density at radius 2 is 2.25 bits per heavy atom. The van der Waals surface area contributed by atoms with Crippen molar-refractivity contribution < 1.29 is 24.1 Å². The van der Waals surface area contributed by atoms with Gasteiger partial charge in [0.25, 0.3) is 0 Å². The minimum Gasteiger partial charge on any atom is -0.427 e. The molecule has 2 aliphatic heterocycles. The average molecular weight is 174 g/mol. The van der Waals surface area contributed by atoms with E-state index in [4.69, 9.17) is 14.2 Å². The number of hydrogen-bond donors (Lipinski definition) is 1. The van der Waals surface area contributed by atoms with Crippen LogP contribution in [0.15, 0.2) is 0 Å². The van der Waals surface area contributed by atoms with Crippen LogP contribution < -0.4 is 0 Å². The Morgan fingerprint density at radius 3 is 3.08 bits per heavy atom. The van der Waals surface area contributed by atoms with Crippen molar-refractivity contribution in [1.82, 2.24) is 0 Å². The van der Waals surface area contributed by atoms with E-state index in [1.54, 1.807) is 0 Å². The molecule has 1 N–H and O–H groups in total. The number of carbonyl (C=O) groups excluding carboxylic acids is 1. The third kappa shape index (κ3) is 1.25. The van der Waals surface area contributed by atoms with Crippen LogP contribution in [0, 0.1) is 0 Å². The first-order chi connectivity index (χ1) is 5.77. The van der Waals surface area contributed by atoms with Gasteiger partial charge in [0.2, 0.25) is 0 Å². The highest BCUT2D eigenvalue weighted by atomic mass is 16.8. The summed E-state index contributed by atoms with van der Waals surface area (Å²) < 4.78 is 14.5. The van der Waals surface area contributed by atoms with Gasteiger partial charge in [-0.25, -0.2) is 4.79 Å². The summed E-state index contributed by atoms with van der Waals surface area (Å²) in [5.41, 5.74) is 0. The lowest BCUT2D eigenvalue weighted by atomic mass is 10.1. The lowest BCUT2D eigenvalue weighted by Crippen LogP contribution is -2.34. The quantitative estimate of drug-likeness (QED) is 0.524. The van der Waals surface area contributed by atoms with E-state index in [0.29, 0.717) is 13.0 Å². The normalized spacial score (nSPS) is 41.1. The van der Waals surface area contributed by atoms with Gasteiger partial charge in [-0.3, -0.25) is 0 Å². The monoisotopic (exact) mass is 174 g/mol. The predicted octanol–water partition coefficient (Wildman–Crippen LogP) is 0.0192. The van der Waals surface area contributed by atoms with Crippen molar-refractivity contribution in [2.75, 3.05) is 6.61 Å². The van der Waals surface area contributed by atoms with Crippen LogP contribution >= 0.6 is 0 Å². The van der Waals surface area contributed by atoms with Gasteiger partial charge in [0.15, 0.2) is 12.4 Å². The molecule has 0 aromatic carbocycles. The summed E-state index contributed by atoms with van der Waals surface area (Å²) >= 11 is 0. The Hall–Kier alpha value is -0.810. The molecule has 3 atom stereocenters. The highest BCUT2D eigenvalue weighted by Crippen LogP contribution is 2.25. The van der Waals surface area contributed by atoms with Crippen LogP contribution in [0.4, 0.5) is 4.79 Å². The number of ether oxygens (including phenoxy) is 3. The molecule has 2 aliphatic rings. The molecule has 0 aromatic heterocycles. The van der Waals surface area contributed by atoms with Crippen molar-refractivity contribution in [3.8, 4) is 0 Å². The molecule has 3 unspecified atom stereocenters. The smallest absolute Gasteiger partial charge is 0.427 e. The first-order valence-electron chi connectivity index (χ1n) is 3.94. The van der Waals surface area contributed by atoms with Crippen molar-refractivity contribution in [1.29, 1.82) is 0 Å². The summed E-state index contributed by atoms with van der Waals surface area (Å²) in [4.78, 5) is 10.7. The lowest BCUT2D eigenvalue weighted by Gasteiger charge is -2.15. The highest BCUT2D eigenvalue weighted by molar-refractivity contribution is 5.62. The van der Waals surface area contributed by atoms with E-state index in [9.17, 15) is 9.90 Å². The van der Waals surface area contributed by atoms with Gasteiger partial charge in [0.1, 0.15) is 6.10 Å². The maximum Gasteiger partial charge on any atom is 0.509 e. The van der Waals surface area contributed by atoms with Gasteiger partial charge in [-0.2, -0.15) is 0 Å². The molecule has 12 heavy (non-hydrogen) atoms. The van der Waals surface area contributed by atoms with Gasteiger partial charge < -0.3 is 19.3 Å². The summed E-state index contributed by atoms with van der Waals surface area (Å²) in [7, 11) is 0. The third-order valence-electron chi connectivity index (χ3n) is 2.05. The second-order valence-electron chi connectivity index (χ2n) is 2.89. The van der Waals surface area contributed by atoms with Crippen LogP contribution in [0.2, 0.25) is 0 Å². The van der Waals surface area contributed by atoms with Crippen LogP contribution in [0.5, 0.6) is 0 Å². The molecule has 0 bridgehead atoms. The zero-order valence-electron chi connectivity index (χ0n) is 6.43. The molecule has 0 aliphatic carbocycles. The second-order valence-corrected chi connectivity index (χ2v) is 2.89. The zero-order valence-corrected chi connectivity index (χ0v) is 6.43. The highest BCUT2D eigenvalue weighted by Gasteiger charge is 2.43. The summed E-state index contributed by atoms with van der Waals surface area (Å²) in [6.07, 6.45) is -1.27. The van der Waals surface area contributed by atoms with Crippen molar-refractivity contribution >= 4 is 6.16 Å². The van der Waals surface area contributed by atoms with Crippen LogP contribution in [0.3, 0.4) is 0 Å². The number of carbonyl (C=O) groups is 1. The fraction of sp³-hybridized carbons (Fsp3) is 0.857. The van der Waals surface area contributed by atoms with Gasteiger partial charge >= 0.3 is 6.16 Å². The minimum atomic E-state index is -1.04.